The van der Waals surface area contributed by atoms with Gasteiger partial charge in [-0.15, -0.1) is 0 Å². The van der Waals surface area contributed by atoms with Crippen molar-refractivity contribution in [3.63, 3.8) is 0 Å². The molecule has 0 aliphatic rings. The van der Waals surface area contributed by atoms with Gasteiger partial charge in [-0.25, -0.2) is 4.39 Å². The van der Waals surface area contributed by atoms with Crippen LogP contribution in [0.5, 0.6) is 0 Å². The zero-order valence-electron chi connectivity index (χ0n) is 13.2. The Morgan fingerprint density at radius 2 is 1.46 bits per heavy atom. The lowest BCUT2D eigenvalue weighted by Gasteiger charge is -2.10. The van der Waals surface area contributed by atoms with Gasteiger partial charge in [-0.2, -0.15) is 0 Å². The highest BCUT2D eigenvalue weighted by atomic mass is 19.1. The van der Waals surface area contributed by atoms with Crippen molar-refractivity contribution >= 4 is 11.6 Å². The Hall–Kier alpha value is -2.94. The highest BCUT2D eigenvalue weighted by Crippen LogP contribution is 2.16. The zero-order chi connectivity index (χ0) is 16.8. The van der Waals surface area contributed by atoms with Crippen LogP contribution in [0, 0.1) is 5.82 Å². The van der Waals surface area contributed by atoms with E-state index >= 15 is 0 Å². The van der Waals surface area contributed by atoms with Gasteiger partial charge in [0.25, 0.3) is 5.91 Å². The van der Waals surface area contributed by atoms with Crippen molar-refractivity contribution in [2.24, 2.45) is 0 Å². The topological polar surface area (TPSA) is 29.1 Å². The number of hydrogen-bond donors (Lipinski definition) is 1. The maximum atomic E-state index is 13.0. The van der Waals surface area contributed by atoms with Crippen molar-refractivity contribution in [2.45, 2.75) is 12.8 Å². The van der Waals surface area contributed by atoms with Gasteiger partial charge in [0, 0.05) is 11.3 Å². The highest BCUT2D eigenvalue weighted by molar-refractivity contribution is 6.05. The third kappa shape index (κ3) is 4.07. The number of rotatable bonds is 5. The first-order valence-corrected chi connectivity index (χ1v) is 7.91. The molecule has 0 unspecified atom stereocenters. The van der Waals surface area contributed by atoms with E-state index in [-0.39, 0.29) is 11.7 Å². The number of benzene rings is 3. The Kier molecular flexibility index (Phi) is 5.02. The molecule has 0 aliphatic carbocycles. The monoisotopic (exact) mass is 319 g/mol. The lowest BCUT2D eigenvalue weighted by atomic mass is 9.99. The lowest BCUT2D eigenvalue weighted by Crippen LogP contribution is -2.14. The van der Waals surface area contributed by atoms with E-state index < -0.39 is 0 Å². The van der Waals surface area contributed by atoms with Crippen LogP contribution in [-0.4, -0.2) is 5.91 Å². The third-order valence-corrected chi connectivity index (χ3v) is 3.89. The molecule has 0 heterocycles. The lowest BCUT2D eigenvalue weighted by molar-refractivity contribution is 0.102. The fourth-order valence-corrected chi connectivity index (χ4v) is 2.62. The van der Waals surface area contributed by atoms with E-state index in [9.17, 15) is 9.18 Å². The maximum Gasteiger partial charge on any atom is 0.255 e. The van der Waals surface area contributed by atoms with E-state index in [1.54, 1.807) is 12.1 Å². The predicted octanol–water partition coefficient (Wildman–Crippen LogP) is 4.86. The summed E-state index contributed by atoms with van der Waals surface area (Å²) < 4.78 is 13.0. The molecule has 0 radical (unpaired) electrons. The predicted molar refractivity (Wildman–Crippen MR) is 94.6 cm³/mol. The molecule has 0 aromatic heterocycles. The molecule has 3 heteroatoms. The molecule has 0 saturated carbocycles. The molecule has 24 heavy (non-hydrogen) atoms. The Labute approximate surface area is 141 Å². The van der Waals surface area contributed by atoms with Crippen LogP contribution in [0.15, 0.2) is 78.9 Å². The molecule has 0 bridgehead atoms. The Bertz CT molecular complexity index is 813. The number of anilines is 1. The van der Waals surface area contributed by atoms with Gasteiger partial charge in [-0.05, 0) is 54.3 Å². The Balaban J connectivity index is 1.73. The van der Waals surface area contributed by atoms with E-state index in [1.165, 1.54) is 17.7 Å². The van der Waals surface area contributed by atoms with Crippen molar-refractivity contribution in [2.75, 3.05) is 5.32 Å². The summed E-state index contributed by atoms with van der Waals surface area (Å²) >= 11 is 0. The first-order chi connectivity index (χ1) is 11.7. The summed E-state index contributed by atoms with van der Waals surface area (Å²) in [4.78, 5) is 12.5. The summed E-state index contributed by atoms with van der Waals surface area (Å²) in [5.41, 5.74) is 3.48. The molecule has 0 aliphatic heterocycles. The van der Waals surface area contributed by atoms with Gasteiger partial charge >= 0.3 is 0 Å². The van der Waals surface area contributed by atoms with Crippen molar-refractivity contribution in [3.8, 4) is 0 Å². The summed E-state index contributed by atoms with van der Waals surface area (Å²) in [6.45, 7) is 0. The number of carbonyl (C=O) groups excluding carboxylic acids is 1. The first-order valence-electron chi connectivity index (χ1n) is 7.91. The summed E-state index contributed by atoms with van der Waals surface area (Å²) in [6, 6.07) is 23.6. The molecule has 0 saturated heterocycles. The second-order valence-corrected chi connectivity index (χ2v) is 5.60. The number of nitrogens with one attached hydrogen (secondary N) is 1. The number of amides is 1. The normalized spacial score (nSPS) is 10.4. The zero-order valence-corrected chi connectivity index (χ0v) is 13.2. The molecule has 120 valence electrons. The minimum atomic E-state index is -0.323. The maximum absolute atomic E-state index is 13.0. The van der Waals surface area contributed by atoms with Crippen LogP contribution in [0.3, 0.4) is 0 Å². The average Bonchev–Trinajstić information content (AvgIpc) is 2.63. The highest BCUT2D eigenvalue weighted by Gasteiger charge is 2.11. The molecule has 0 spiro atoms. The molecular formula is C21H18FNO. The molecular weight excluding hydrogens is 301 g/mol. The minimum Gasteiger partial charge on any atom is -0.322 e. The summed E-state index contributed by atoms with van der Waals surface area (Å²) in [5, 5.41) is 2.82. The number of carbonyl (C=O) groups is 1. The van der Waals surface area contributed by atoms with Crippen molar-refractivity contribution in [3.05, 3.63) is 101 Å². The third-order valence-electron chi connectivity index (χ3n) is 3.89. The number of hydrogen-bond acceptors (Lipinski definition) is 1. The first kappa shape index (κ1) is 15.9. The van der Waals surface area contributed by atoms with Gasteiger partial charge in [0.2, 0.25) is 0 Å². The summed E-state index contributed by atoms with van der Waals surface area (Å²) in [7, 11) is 0. The molecule has 3 aromatic rings. The number of aryl methyl sites for hydroxylation is 2. The van der Waals surface area contributed by atoms with Crippen LogP contribution in [0.25, 0.3) is 0 Å². The van der Waals surface area contributed by atoms with Crippen LogP contribution in [0.4, 0.5) is 10.1 Å². The Morgan fingerprint density at radius 1 is 0.792 bits per heavy atom. The number of halogens is 1. The summed E-state index contributed by atoms with van der Waals surface area (Å²) in [5.74, 6) is -0.499. The molecule has 1 amide bonds. The van der Waals surface area contributed by atoms with Gasteiger partial charge in [-0.1, -0.05) is 48.5 Å². The average molecular weight is 319 g/mol. The van der Waals surface area contributed by atoms with Crippen LogP contribution in [0.2, 0.25) is 0 Å². The molecule has 1 N–H and O–H groups in total. The SMILES string of the molecule is O=C(Nc1ccc(F)cc1)c1ccccc1CCc1ccccc1. The largest absolute Gasteiger partial charge is 0.322 e. The quantitative estimate of drug-likeness (QED) is 0.714. The van der Waals surface area contributed by atoms with Gasteiger partial charge in [0.1, 0.15) is 5.82 Å². The molecule has 3 rings (SSSR count). The van der Waals surface area contributed by atoms with Crippen LogP contribution >= 0.6 is 0 Å². The van der Waals surface area contributed by atoms with Crippen LogP contribution in [0.1, 0.15) is 21.5 Å². The Morgan fingerprint density at radius 3 is 2.21 bits per heavy atom. The fourth-order valence-electron chi connectivity index (χ4n) is 2.62. The van der Waals surface area contributed by atoms with E-state index in [2.05, 4.69) is 17.4 Å². The molecule has 0 fully saturated rings. The minimum absolute atomic E-state index is 0.176. The van der Waals surface area contributed by atoms with E-state index in [0.717, 1.165) is 18.4 Å². The van der Waals surface area contributed by atoms with Gasteiger partial charge in [0.05, 0.1) is 0 Å². The van der Waals surface area contributed by atoms with Gasteiger partial charge < -0.3 is 5.32 Å². The standard InChI is InChI=1S/C21H18FNO/c22-18-12-14-19(15-13-18)23-21(24)20-9-5-4-8-17(20)11-10-16-6-2-1-3-7-16/h1-9,12-15H,10-11H2,(H,23,24). The second kappa shape index (κ2) is 7.55. The van der Waals surface area contributed by atoms with Gasteiger partial charge in [0.15, 0.2) is 0 Å². The van der Waals surface area contributed by atoms with Crippen molar-refractivity contribution in [1.82, 2.24) is 0 Å². The van der Waals surface area contributed by atoms with Crippen LogP contribution in [-0.2, 0) is 12.8 Å². The second-order valence-electron chi connectivity index (χ2n) is 5.60. The fraction of sp³-hybridized carbons (Fsp3) is 0.0952. The molecule has 2 nitrogen and oxygen atoms in total. The van der Waals surface area contributed by atoms with Crippen molar-refractivity contribution < 1.29 is 9.18 Å². The van der Waals surface area contributed by atoms with E-state index in [1.807, 2.05) is 42.5 Å². The van der Waals surface area contributed by atoms with E-state index in [0.29, 0.717) is 11.3 Å². The molecule has 0 atom stereocenters. The van der Waals surface area contributed by atoms with Crippen molar-refractivity contribution in [1.29, 1.82) is 0 Å². The smallest absolute Gasteiger partial charge is 0.255 e. The van der Waals surface area contributed by atoms with Gasteiger partial charge in [-0.3, -0.25) is 4.79 Å². The van der Waals surface area contributed by atoms with E-state index in [4.69, 9.17) is 0 Å². The van der Waals surface area contributed by atoms with Crippen LogP contribution < -0.4 is 5.32 Å². The summed E-state index contributed by atoms with van der Waals surface area (Å²) in [6.07, 6.45) is 1.67. The molecule has 3 aromatic carbocycles.